The van der Waals surface area contributed by atoms with Crippen LogP contribution in [0.1, 0.15) is 75.0 Å². The molecule has 1 aliphatic heterocycles. The van der Waals surface area contributed by atoms with E-state index in [-0.39, 0.29) is 59.6 Å². The minimum absolute atomic E-state index is 0.00360. The molecule has 1 aliphatic carbocycles. The molecule has 5 rings (SSSR count). The van der Waals surface area contributed by atoms with Crippen molar-refractivity contribution in [2.24, 2.45) is 5.92 Å². The molecule has 2 aromatic carbocycles. The summed E-state index contributed by atoms with van der Waals surface area (Å²) >= 11 is 1.13. The van der Waals surface area contributed by atoms with Crippen LogP contribution >= 0.6 is 11.8 Å². The fourth-order valence-electron chi connectivity index (χ4n) is 8.07. The molecule has 0 radical (unpaired) electrons. The number of carboxylic acids is 1. The standard InChI is InChI=1S/C48H63F2N5O8SSi/c1-65(2,3)26-25-63-48(62)51-22-10-23-53(46(59)33-64-32-41(47(60)61)52-43(56)13-8-5-9-24-55-44(57)20-21-45(55)58)29-35-14-16-36(17-15-35)42-27-37(39-28-38(49)18-19-40(39)50)31-54(42)30-34-11-6-4-7-12-34/h4,6-7,11-12,18-21,27-28,31,35-36,41H,5,8-10,13-17,22-26,29-30,32-33H2,1-3H3,(H,51,62)(H,52,56)(H,60,61)/t35?,36?,41-/m0/s1. The maximum absolute atomic E-state index is 15.0. The lowest BCUT2D eigenvalue weighted by Gasteiger charge is -2.33. The smallest absolute Gasteiger partial charge is 0.407 e. The molecule has 5 amide bonds. The summed E-state index contributed by atoms with van der Waals surface area (Å²) in [6, 6.07) is 15.1. The summed E-state index contributed by atoms with van der Waals surface area (Å²) < 4.78 is 36.7. The zero-order valence-corrected chi connectivity index (χ0v) is 39.5. The maximum atomic E-state index is 15.0. The summed E-state index contributed by atoms with van der Waals surface area (Å²) in [7, 11) is -1.37. The Kier molecular flexibility index (Phi) is 19.4. The van der Waals surface area contributed by atoms with Crippen LogP contribution < -0.4 is 10.6 Å². The number of aromatic nitrogens is 1. The molecule has 1 atom stereocenters. The Balaban J connectivity index is 1.16. The van der Waals surface area contributed by atoms with E-state index in [9.17, 15) is 42.7 Å². The van der Waals surface area contributed by atoms with Gasteiger partial charge in [-0.1, -0.05) is 56.4 Å². The first-order valence-corrected chi connectivity index (χ1v) is 27.4. The van der Waals surface area contributed by atoms with Crippen molar-refractivity contribution in [3.63, 3.8) is 0 Å². The molecule has 1 saturated carbocycles. The van der Waals surface area contributed by atoms with Gasteiger partial charge in [0.05, 0.1) is 12.4 Å². The Labute approximate surface area is 385 Å². The van der Waals surface area contributed by atoms with Crippen molar-refractivity contribution in [1.82, 2.24) is 25.0 Å². The minimum Gasteiger partial charge on any atom is -0.480 e. The van der Waals surface area contributed by atoms with Crippen molar-refractivity contribution in [2.75, 3.05) is 44.3 Å². The predicted octanol–water partition coefficient (Wildman–Crippen LogP) is 7.83. The second-order valence-electron chi connectivity index (χ2n) is 18.1. The SMILES string of the molecule is C[Si](C)(C)CCOC(=O)NCCCN(CC1CCC(c2cc(-c3cc(F)ccc3F)cn2Cc2ccccc2)CC1)C(=O)CSC[C@H](NC(=O)CCCCCN1C(=O)C=CC1=O)C(=O)O. The van der Waals surface area contributed by atoms with Gasteiger partial charge in [-0.25, -0.2) is 18.4 Å². The first kappa shape index (κ1) is 50.7. The van der Waals surface area contributed by atoms with E-state index in [0.717, 1.165) is 71.8 Å². The van der Waals surface area contributed by atoms with Crippen molar-refractivity contribution >= 4 is 55.5 Å². The zero-order chi connectivity index (χ0) is 46.9. The number of thioether (sulfide) groups is 1. The topological polar surface area (TPSA) is 167 Å². The lowest BCUT2D eigenvalue weighted by Crippen LogP contribution is -2.43. The maximum Gasteiger partial charge on any atom is 0.407 e. The van der Waals surface area contributed by atoms with E-state index in [1.807, 2.05) is 42.6 Å². The van der Waals surface area contributed by atoms with Gasteiger partial charge in [-0.3, -0.25) is 24.1 Å². The minimum atomic E-state index is -1.37. The highest BCUT2D eigenvalue weighted by atomic mass is 32.2. The van der Waals surface area contributed by atoms with Gasteiger partial charge in [0.15, 0.2) is 0 Å². The number of benzene rings is 2. The van der Waals surface area contributed by atoms with Crippen molar-refractivity contribution < 1.29 is 47.4 Å². The van der Waals surface area contributed by atoms with E-state index < -0.39 is 43.7 Å². The summed E-state index contributed by atoms with van der Waals surface area (Å²) in [6.45, 7) is 8.95. The number of imide groups is 1. The quantitative estimate of drug-likeness (QED) is 0.0436. The highest BCUT2D eigenvalue weighted by molar-refractivity contribution is 8.00. The Morgan fingerprint density at radius 3 is 2.35 bits per heavy atom. The molecule has 352 valence electrons. The number of hydrogen-bond acceptors (Lipinski definition) is 8. The lowest BCUT2D eigenvalue weighted by molar-refractivity contribution is -0.141. The molecular weight excluding hydrogens is 873 g/mol. The van der Waals surface area contributed by atoms with Crippen LogP contribution in [0, 0.1) is 17.6 Å². The van der Waals surface area contributed by atoms with Gasteiger partial charge in [-0.2, -0.15) is 0 Å². The molecule has 3 aromatic rings. The summed E-state index contributed by atoms with van der Waals surface area (Å²) in [5, 5.41) is 15.2. The number of ether oxygens (including phenoxy) is 1. The van der Waals surface area contributed by atoms with Crippen LogP contribution in [0.25, 0.3) is 11.1 Å². The normalized spacial score (nSPS) is 16.7. The Bertz CT molecular complexity index is 2120. The number of rotatable bonds is 25. The van der Waals surface area contributed by atoms with Crippen LogP contribution in [-0.2, 0) is 35.3 Å². The second kappa shape index (κ2) is 24.8. The van der Waals surface area contributed by atoms with Crippen molar-refractivity contribution in [1.29, 1.82) is 0 Å². The van der Waals surface area contributed by atoms with E-state index in [4.69, 9.17) is 4.74 Å². The summed E-state index contributed by atoms with van der Waals surface area (Å²) in [5.41, 5.74) is 2.95. The van der Waals surface area contributed by atoms with Crippen molar-refractivity contribution in [3.05, 3.63) is 95.8 Å². The molecule has 13 nitrogen and oxygen atoms in total. The van der Waals surface area contributed by atoms with Gasteiger partial charge in [0.2, 0.25) is 11.8 Å². The average Bonchev–Trinajstić information content (AvgIpc) is 3.83. The van der Waals surface area contributed by atoms with E-state index in [2.05, 4.69) is 34.8 Å². The highest BCUT2D eigenvalue weighted by Crippen LogP contribution is 2.39. The van der Waals surface area contributed by atoms with E-state index in [0.29, 0.717) is 64.0 Å². The number of aliphatic carboxylic acids is 1. The number of amides is 5. The van der Waals surface area contributed by atoms with Crippen LogP contribution in [0.5, 0.6) is 0 Å². The van der Waals surface area contributed by atoms with Crippen molar-refractivity contribution in [2.45, 2.75) is 102 Å². The molecule has 0 unspecified atom stereocenters. The fourth-order valence-corrected chi connectivity index (χ4v) is 9.72. The Hall–Kier alpha value is -5.29. The second-order valence-corrected chi connectivity index (χ2v) is 24.8. The number of halogens is 2. The number of nitrogens with one attached hydrogen (secondary N) is 2. The van der Waals surface area contributed by atoms with Crippen LogP contribution in [0.2, 0.25) is 25.7 Å². The monoisotopic (exact) mass is 935 g/mol. The number of hydrogen-bond donors (Lipinski definition) is 3. The number of nitrogens with zero attached hydrogens (tertiary/aromatic N) is 3. The first-order chi connectivity index (χ1) is 31.1. The van der Waals surface area contributed by atoms with Gasteiger partial charge in [-0.05, 0) is 92.7 Å². The zero-order valence-electron chi connectivity index (χ0n) is 37.7. The molecule has 65 heavy (non-hydrogen) atoms. The van der Waals surface area contributed by atoms with Gasteiger partial charge in [0, 0.05) is 88.1 Å². The summed E-state index contributed by atoms with van der Waals surface area (Å²) in [6.07, 6.45) is 9.24. The molecule has 0 saturated heterocycles. The van der Waals surface area contributed by atoms with Crippen LogP contribution in [0.15, 0.2) is 72.9 Å². The van der Waals surface area contributed by atoms with E-state index in [1.165, 1.54) is 18.2 Å². The van der Waals surface area contributed by atoms with Crippen LogP contribution in [-0.4, -0.2) is 114 Å². The molecular formula is C48H63F2N5O8SSi. The largest absolute Gasteiger partial charge is 0.480 e. The van der Waals surface area contributed by atoms with Gasteiger partial charge in [0.25, 0.3) is 11.8 Å². The molecule has 2 aliphatic rings. The highest BCUT2D eigenvalue weighted by Gasteiger charge is 2.29. The third kappa shape index (κ3) is 16.6. The number of unbranched alkanes of at least 4 members (excludes halogenated alkanes) is 2. The fraction of sp³-hybridized carbons (Fsp3) is 0.500. The lowest BCUT2D eigenvalue weighted by atomic mass is 9.80. The third-order valence-corrected chi connectivity index (χ3v) is 14.5. The van der Waals surface area contributed by atoms with Gasteiger partial charge in [-0.15, -0.1) is 11.8 Å². The first-order valence-electron chi connectivity index (χ1n) is 22.6. The van der Waals surface area contributed by atoms with Crippen LogP contribution in [0.4, 0.5) is 13.6 Å². The predicted molar refractivity (Wildman–Crippen MR) is 250 cm³/mol. The van der Waals surface area contributed by atoms with E-state index >= 15 is 0 Å². The molecule has 0 spiro atoms. The van der Waals surface area contributed by atoms with Gasteiger partial charge >= 0.3 is 12.1 Å². The number of carbonyl (C=O) groups excluding carboxylic acids is 5. The number of alkyl carbamates (subject to hydrolysis) is 1. The molecule has 17 heteroatoms. The molecule has 1 fully saturated rings. The summed E-state index contributed by atoms with van der Waals surface area (Å²) in [4.78, 5) is 77.3. The van der Waals surface area contributed by atoms with E-state index in [1.54, 1.807) is 4.90 Å². The molecule has 1 aromatic heterocycles. The Morgan fingerprint density at radius 2 is 1.66 bits per heavy atom. The molecule has 2 heterocycles. The van der Waals surface area contributed by atoms with Gasteiger partial charge < -0.3 is 29.9 Å². The summed E-state index contributed by atoms with van der Waals surface area (Å²) in [5.74, 6) is -3.23. The third-order valence-electron chi connectivity index (χ3n) is 11.8. The van der Waals surface area contributed by atoms with Crippen molar-refractivity contribution in [3.8, 4) is 11.1 Å². The molecule has 3 N–H and O–H groups in total. The average molecular weight is 936 g/mol. The number of carbonyl (C=O) groups is 6. The number of carboxylic acid groups (broad SMARTS) is 1. The Morgan fingerprint density at radius 1 is 0.938 bits per heavy atom. The van der Waals surface area contributed by atoms with Crippen LogP contribution in [0.3, 0.4) is 0 Å². The van der Waals surface area contributed by atoms with Gasteiger partial charge in [0.1, 0.15) is 17.7 Å². The molecule has 0 bridgehead atoms.